The van der Waals surface area contributed by atoms with Crippen LogP contribution in [0.3, 0.4) is 0 Å². The van der Waals surface area contributed by atoms with Crippen molar-refractivity contribution < 1.29 is 19.0 Å². The van der Waals surface area contributed by atoms with Gasteiger partial charge in [-0.1, -0.05) is 6.07 Å². The molecule has 0 bridgehead atoms. The summed E-state index contributed by atoms with van der Waals surface area (Å²) in [5.74, 6) is 1.81. The molecule has 136 valence electrons. The highest BCUT2D eigenvalue weighted by Crippen LogP contribution is 2.37. The molecule has 0 aliphatic heterocycles. The van der Waals surface area contributed by atoms with Crippen LogP contribution < -0.4 is 14.2 Å². The van der Waals surface area contributed by atoms with E-state index in [1.807, 2.05) is 37.4 Å². The van der Waals surface area contributed by atoms with Crippen LogP contribution in [-0.2, 0) is 17.9 Å². The number of hydrogen-bond donors (Lipinski definition) is 0. The van der Waals surface area contributed by atoms with E-state index in [1.54, 1.807) is 26.0 Å². The van der Waals surface area contributed by atoms with Crippen LogP contribution in [0.25, 0.3) is 0 Å². The van der Waals surface area contributed by atoms with Gasteiger partial charge in [-0.05, 0) is 26.0 Å². The van der Waals surface area contributed by atoms with E-state index in [0.717, 1.165) is 10.7 Å². The Morgan fingerprint density at radius 2 is 1.88 bits per heavy atom. The summed E-state index contributed by atoms with van der Waals surface area (Å²) in [5, 5.41) is 2.78. The molecule has 0 N–H and O–H groups in total. The first kappa shape index (κ1) is 19.1. The number of rotatable bonds is 8. The highest BCUT2D eigenvalue weighted by Gasteiger charge is 2.16. The number of carbonyl (C=O) groups is 1. The van der Waals surface area contributed by atoms with Crippen molar-refractivity contribution in [2.24, 2.45) is 0 Å². The molecule has 0 saturated heterocycles. The summed E-state index contributed by atoms with van der Waals surface area (Å²) in [5.41, 5.74) is 0.861. The van der Waals surface area contributed by atoms with E-state index in [-0.39, 0.29) is 11.9 Å². The van der Waals surface area contributed by atoms with Crippen LogP contribution in [0, 0.1) is 0 Å². The zero-order valence-electron chi connectivity index (χ0n) is 15.2. The quantitative estimate of drug-likeness (QED) is 0.717. The maximum atomic E-state index is 11.7. The zero-order chi connectivity index (χ0) is 18.4. The summed E-state index contributed by atoms with van der Waals surface area (Å²) < 4.78 is 16.5. The van der Waals surface area contributed by atoms with Gasteiger partial charge in [-0.3, -0.25) is 4.79 Å². The Bertz CT molecular complexity index is 693. The Morgan fingerprint density at radius 1 is 1.24 bits per heavy atom. The van der Waals surface area contributed by atoms with Gasteiger partial charge in [0.05, 0.1) is 26.5 Å². The molecule has 1 amide bonds. The average molecular weight is 364 g/mol. The van der Waals surface area contributed by atoms with Crippen molar-refractivity contribution in [1.82, 2.24) is 9.88 Å². The maximum absolute atomic E-state index is 11.7. The van der Waals surface area contributed by atoms with Gasteiger partial charge in [0.2, 0.25) is 11.7 Å². The molecule has 25 heavy (non-hydrogen) atoms. The molecule has 0 aliphatic rings. The smallest absolute Gasteiger partial charge is 0.220 e. The van der Waals surface area contributed by atoms with E-state index >= 15 is 0 Å². The van der Waals surface area contributed by atoms with Crippen LogP contribution in [0.5, 0.6) is 17.2 Å². The van der Waals surface area contributed by atoms with Gasteiger partial charge in [0.1, 0.15) is 11.6 Å². The Labute approximate surface area is 152 Å². The molecule has 0 spiro atoms. The number of aromatic nitrogens is 1. The number of thiazole rings is 1. The summed E-state index contributed by atoms with van der Waals surface area (Å²) in [4.78, 5) is 18.0. The predicted molar refractivity (Wildman–Crippen MR) is 97.4 cm³/mol. The molecule has 0 aliphatic carbocycles. The second-order valence-corrected chi connectivity index (χ2v) is 6.70. The molecule has 2 aromatic rings. The van der Waals surface area contributed by atoms with Crippen molar-refractivity contribution >= 4 is 17.2 Å². The Balaban J connectivity index is 2.06. The summed E-state index contributed by atoms with van der Waals surface area (Å²) in [7, 11) is 3.18. The molecule has 0 unspecified atom stereocenters. The van der Waals surface area contributed by atoms with E-state index in [0.29, 0.717) is 30.4 Å². The van der Waals surface area contributed by atoms with Crippen molar-refractivity contribution in [2.45, 2.75) is 40.0 Å². The number of ether oxygens (including phenoxy) is 3. The maximum Gasteiger partial charge on any atom is 0.220 e. The predicted octanol–water partition coefficient (Wildman–Crippen LogP) is 3.50. The van der Waals surface area contributed by atoms with Gasteiger partial charge in [-0.15, -0.1) is 11.3 Å². The van der Waals surface area contributed by atoms with Gasteiger partial charge in [0, 0.05) is 18.3 Å². The number of nitrogens with zero attached hydrogens (tertiary/aromatic N) is 2. The molecule has 0 atom stereocenters. The van der Waals surface area contributed by atoms with E-state index in [1.165, 1.54) is 11.3 Å². The van der Waals surface area contributed by atoms with E-state index in [9.17, 15) is 4.79 Å². The molecular weight excluding hydrogens is 340 g/mol. The van der Waals surface area contributed by atoms with Gasteiger partial charge in [-0.25, -0.2) is 4.98 Å². The highest BCUT2D eigenvalue weighted by atomic mass is 32.1. The topological polar surface area (TPSA) is 60.9 Å². The van der Waals surface area contributed by atoms with E-state index in [2.05, 4.69) is 4.98 Å². The summed E-state index contributed by atoms with van der Waals surface area (Å²) >= 11 is 1.51. The van der Waals surface area contributed by atoms with Gasteiger partial charge in [0.25, 0.3) is 0 Å². The zero-order valence-corrected chi connectivity index (χ0v) is 16.1. The summed E-state index contributed by atoms with van der Waals surface area (Å²) in [6, 6.07) is 5.61. The number of hydrogen-bond acceptors (Lipinski definition) is 6. The first-order valence-corrected chi connectivity index (χ1v) is 8.88. The minimum absolute atomic E-state index is 0.0413. The van der Waals surface area contributed by atoms with Gasteiger partial charge in [0.15, 0.2) is 11.5 Å². The fourth-order valence-corrected chi connectivity index (χ4v) is 3.11. The lowest BCUT2D eigenvalue weighted by Crippen LogP contribution is -2.34. The number of carbonyl (C=O) groups excluding carboxylic acids is 1. The second-order valence-electron chi connectivity index (χ2n) is 5.75. The minimum atomic E-state index is 0.0413. The van der Waals surface area contributed by atoms with Gasteiger partial charge in [-0.2, -0.15) is 0 Å². The number of amides is 1. The van der Waals surface area contributed by atoms with Crippen LogP contribution in [0.15, 0.2) is 23.6 Å². The fourth-order valence-electron chi connectivity index (χ4n) is 2.41. The molecule has 0 saturated carbocycles. The third-order valence-electron chi connectivity index (χ3n) is 3.68. The van der Waals surface area contributed by atoms with Gasteiger partial charge < -0.3 is 19.1 Å². The molecule has 2 rings (SSSR count). The standard InChI is InChI=1S/C18H24N2O4S/c1-12(2)20(13(3)21)9-14-11-25-17(19-14)10-24-18-15(22-4)7-6-8-16(18)23-5/h6-8,11-12H,9-10H2,1-5H3. The normalized spacial score (nSPS) is 10.6. The molecule has 6 nitrogen and oxygen atoms in total. The number of para-hydroxylation sites is 1. The monoisotopic (exact) mass is 364 g/mol. The Hall–Kier alpha value is -2.28. The van der Waals surface area contributed by atoms with E-state index in [4.69, 9.17) is 14.2 Å². The van der Waals surface area contributed by atoms with Crippen LogP contribution in [-0.4, -0.2) is 36.1 Å². The molecule has 0 radical (unpaired) electrons. The molecular formula is C18H24N2O4S. The molecule has 1 heterocycles. The molecule has 1 aromatic heterocycles. The van der Waals surface area contributed by atoms with Crippen LogP contribution >= 0.6 is 11.3 Å². The van der Waals surface area contributed by atoms with Crippen LogP contribution in [0.4, 0.5) is 0 Å². The van der Waals surface area contributed by atoms with Gasteiger partial charge >= 0.3 is 0 Å². The number of methoxy groups -OCH3 is 2. The Morgan fingerprint density at radius 3 is 2.40 bits per heavy atom. The summed E-state index contributed by atoms with van der Waals surface area (Å²) in [6.07, 6.45) is 0. The highest BCUT2D eigenvalue weighted by molar-refractivity contribution is 7.09. The fraction of sp³-hybridized carbons (Fsp3) is 0.444. The molecule has 7 heteroatoms. The van der Waals surface area contributed by atoms with Crippen molar-refractivity contribution in [2.75, 3.05) is 14.2 Å². The third-order valence-corrected chi connectivity index (χ3v) is 4.55. The SMILES string of the molecule is COc1cccc(OC)c1OCc1nc(CN(C(C)=O)C(C)C)cs1. The van der Waals surface area contributed by atoms with Crippen molar-refractivity contribution in [1.29, 1.82) is 0 Å². The second kappa shape index (κ2) is 8.71. The van der Waals surface area contributed by atoms with Crippen molar-refractivity contribution in [3.63, 3.8) is 0 Å². The van der Waals surface area contributed by atoms with E-state index < -0.39 is 0 Å². The minimum Gasteiger partial charge on any atom is -0.493 e. The van der Waals surface area contributed by atoms with Crippen molar-refractivity contribution in [3.8, 4) is 17.2 Å². The van der Waals surface area contributed by atoms with Crippen molar-refractivity contribution in [3.05, 3.63) is 34.3 Å². The van der Waals surface area contributed by atoms with Crippen LogP contribution in [0.2, 0.25) is 0 Å². The lowest BCUT2D eigenvalue weighted by Gasteiger charge is -2.24. The lowest BCUT2D eigenvalue weighted by atomic mass is 10.3. The Kier molecular flexibility index (Phi) is 6.64. The third kappa shape index (κ3) is 4.85. The number of benzene rings is 1. The molecule has 0 fully saturated rings. The lowest BCUT2D eigenvalue weighted by molar-refractivity contribution is -0.131. The van der Waals surface area contributed by atoms with Crippen LogP contribution in [0.1, 0.15) is 31.5 Å². The largest absolute Gasteiger partial charge is 0.493 e. The first-order chi connectivity index (χ1) is 12.0. The summed E-state index contributed by atoms with van der Waals surface area (Å²) in [6.45, 7) is 6.37. The molecule has 1 aromatic carbocycles. The average Bonchev–Trinajstić information content (AvgIpc) is 3.04. The first-order valence-electron chi connectivity index (χ1n) is 8.00.